The zero-order valence-corrected chi connectivity index (χ0v) is 22.8. The highest BCUT2D eigenvalue weighted by Gasteiger charge is 2.23. The number of nitrogens with zero attached hydrogens (tertiary/aromatic N) is 1. The first-order valence-corrected chi connectivity index (χ1v) is 14.5. The zero-order chi connectivity index (χ0) is 27.7. The van der Waals surface area contributed by atoms with E-state index < -0.39 is 21.9 Å². The molecule has 0 aliphatic heterocycles. The number of benzene rings is 4. The van der Waals surface area contributed by atoms with Crippen molar-refractivity contribution < 1.29 is 22.5 Å². The quantitative estimate of drug-likeness (QED) is 0.165. The van der Waals surface area contributed by atoms with Crippen LogP contribution in [0.25, 0.3) is 0 Å². The minimum Gasteiger partial charge on any atom is -0.489 e. The SMILES string of the molecule is CC(C(=O)c1ccc(CS(=O)(=O)O)cc1)N(CCc1ccc(OCc2ccccc2)cc1)Cc1ccccc1. The van der Waals surface area contributed by atoms with E-state index in [4.69, 9.17) is 9.29 Å². The Balaban J connectivity index is 1.41. The van der Waals surface area contributed by atoms with E-state index in [1.54, 1.807) is 24.3 Å². The highest BCUT2D eigenvalue weighted by Crippen LogP contribution is 2.18. The first kappa shape index (κ1) is 28.2. The Kier molecular flexibility index (Phi) is 9.65. The Hall–Kier alpha value is -3.78. The van der Waals surface area contributed by atoms with Gasteiger partial charge in [-0.05, 0) is 47.7 Å². The van der Waals surface area contributed by atoms with Crippen LogP contribution in [-0.2, 0) is 35.4 Å². The molecule has 0 aliphatic carbocycles. The average Bonchev–Trinajstić information content (AvgIpc) is 2.94. The topological polar surface area (TPSA) is 83.9 Å². The van der Waals surface area contributed by atoms with E-state index in [1.165, 1.54) is 0 Å². The second-order valence-corrected chi connectivity index (χ2v) is 11.0. The first-order valence-electron chi connectivity index (χ1n) is 12.9. The fourth-order valence-electron chi connectivity index (χ4n) is 4.38. The standard InChI is InChI=1S/C32H33NO5S/c1-25(32(34)30-16-12-29(13-17-30)24-39(35,36)37)33(22-27-8-4-2-5-9-27)21-20-26-14-18-31(19-15-26)38-23-28-10-6-3-7-11-28/h2-19,25H,20-24H2,1H3,(H,35,36,37). The summed E-state index contributed by atoms with van der Waals surface area (Å²) < 4.78 is 37.3. The molecule has 1 atom stereocenters. The van der Waals surface area contributed by atoms with Gasteiger partial charge in [0.1, 0.15) is 18.1 Å². The van der Waals surface area contributed by atoms with E-state index in [0.717, 1.165) is 28.9 Å². The van der Waals surface area contributed by atoms with E-state index in [9.17, 15) is 13.2 Å². The molecule has 0 aromatic heterocycles. The summed E-state index contributed by atoms with van der Waals surface area (Å²) in [5, 5.41) is 0. The molecule has 0 aliphatic rings. The number of hydrogen-bond donors (Lipinski definition) is 1. The molecular weight excluding hydrogens is 510 g/mol. The summed E-state index contributed by atoms with van der Waals surface area (Å²) in [6.45, 7) is 3.71. The van der Waals surface area contributed by atoms with Crippen molar-refractivity contribution >= 4 is 15.9 Å². The molecule has 0 amide bonds. The Morgan fingerprint density at radius 1 is 0.769 bits per heavy atom. The predicted octanol–water partition coefficient (Wildman–Crippen LogP) is 5.97. The number of hydrogen-bond acceptors (Lipinski definition) is 5. The fourth-order valence-corrected chi connectivity index (χ4v) is 4.99. The van der Waals surface area contributed by atoms with Crippen molar-refractivity contribution in [1.82, 2.24) is 4.90 Å². The molecule has 6 nitrogen and oxygen atoms in total. The number of carbonyl (C=O) groups excluding carboxylic acids is 1. The molecule has 0 saturated heterocycles. The number of rotatable bonds is 13. The number of ketones is 1. The monoisotopic (exact) mass is 543 g/mol. The van der Waals surface area contributed by atoms with Gasteiger partial charge in [-0.15, -0.1) is 0 Å². The maximum absolute atomic E-state index is 13.4. The van der Waals surface area contributed by atoms with Crippen molar-refractivity contribution in [3.05, 3.63) is 137 Å². The molecule has 4 aromatic rings. The van der Waals surface area contributed by atoms with Crippen LogP contribution in [0.5, 0.6) is 5.75 Å². The van der Waals surface area contributed by atoms with E-state index in [-0.39, 0.29) is 5.78 Å². The summed E-state index contributed by atoms with van der Waals surface area (Å²) in [7, 11) is -4.13. The molecule has 1 N–H and O–H groups in total. The molecule has 7 heteroatoms. The summed E-state index contributed by atoms with van der Waals surface area (Å²) in [6.07, 6.45) is 0.761. The predicted molar refractivity (Wildman–Crippen MR) is 153 cm³/mol. The second kappa shape index (κ2) is 13.3. The molecule has 202 valence electrons. The molecule has 0 fully saturated rings. The lowest BCUT2D eigenvalue weighted by Gasteiger charge is -2.28. The minimum atomic E-state index is -4.13. The molecule has 0 heterocycles. The fraction of sp³-hybridized carbons (Fsp3) is 0.219. The Labute approximate surface area is 230 Å². The summed E-state index contributed by atoms with van der Waals surface area (Å²) in [6, 6.07) is 34.1. The number of Topliss-reactive ketones (excluding diaryl/α,β-unsaturated/α-hetero) is 1. The molecule has 39 heavy (non-hydrogen) atoms. The van der Waals surface area contributed by atoms with Crippen molar-refractivity contribution in [2.24, 2.45) is 0 Å². The normalized spacial score (nSPS) is 12.3. The van der Waals surface area contributed by atoms with Crippen molar-refractivity contribution in [1.29, 1.82) is 0 Å². The maximum Gasteiger partial charge on any atom is 0.269 e. The van der Waals surface area contributed by atoms with Crippen LogP contribution in [0.15, 0.2) is 109 Å². The number of ether oxygens (including phenoxy) is 1. The zero-order valence-electron chi connectivity index (χ0n) is 21.9. The van der Waals surface area contributed by atoms with Crippen LogP contribution < -0.4 is 4.74 Å². The molecule has 4 rings (SSSR count). The van der Waals surface area contributed by atoms with Gasteiger partial charge in [0.15, 0.2) is 5.78 Å². The van der Waals surface area contributed by atoms with Crippen molar-refractivity contribution in [2.75, 3.05) is 6.54 Å². The molecular formula is C32H33NO5S. The van der Waals surface area contributed by atoms with E-state index in [2.05, 4.69) is 17.0 Å². The van der Waals surface area contributed by atoms with Gasteiger partial charge < -0.3 is 4.74 Å². The second-order valence-electron chi connectivity index (χ2n) is 9.59. The van der Waals surface area contributed by atoms with Crippen LogP contribution >= 0.6 is 0 Å². The lowest BCUT2D eigenvalue weighted by Crippen LogP contribution is -2.40. The molecule has 1 unspecified atom stereocenters. The third-order valence-electron chi connectivity index (χ3n) is 6.60. The van der Waals surface area contributed by atoms with Crippen LogP contribution in [0, 0.1) is 0 Å². The van der Waals surface area contributed by atoms with E-state index in [0.29, 0.717) is 30.8 Å². The summed E-state index contributed by atoms with van der Waals surface area (Å²) >= 11 is 0. The first-order chi connectivity index (χ1) is 18.8. The van der Waals surface area contributed by atoms with Crippen molar-refractivity contribution in [3.8, 4) is 5.75 Å². The van der Waals surface area contributed by atoms with Gasteiger partial charge in [0.25, 0.3) is 10.1 Å². The average molecular weight is 544 g/mol. The van der Waals surface area contributed by atoms with Gasteiger partial charge in [0.05, 0.1) is 6.04 Å². The van der Waals surface area contributed by atoms with Gasteiger partial charge in [-0.25, -0.2) is 0 Å². The molecule has 0 radical (unpaired) electrons. The summed E-state index contributed by atoms with van der Waals surface area (Å²) in [4.78, 5) is 15.5. The largest absolute Gasteiger partial charge is 0.489 e. The third-order valence-corrected chi connectivity index (χ3v) is 7.30. The molecule has 4 aromatic carbocycles. The molecule has 0 spiro atoms. The smallest absolute Gasteiger partial charge is 0.269 e. The lowest BCUT2D eigenvalue weighted by molar-refractivity contribution is 0.0829. The van der Waals surface area contributed by atoms with Gasteiger partial charge in [-0.2, -0.15) is 8.42 Å². The Morgan fingerprint density at radius 2 is 1.33 bits per heavy atom. The van der Waals surface area contributed by atoms with Gasteiger partial charge in [-0.3, -0.25) is 14.2 Å². The van der Waals surface area contributed by atoms with Gasteiger partial charge in [-0.1, -0.05) is 97.1 Å². The van der Waals surface area contributed by atoms with Crippen LogP contribution in [-0.4, -0.2) is 36.2 Å². The Morgan fingerprint density at radius 3 is 1.92 bits per heavy atom. The van der Waals surface area contributed by atoms with Crippen molar-refractivity contribution in [3.63, 3.8) is 0 Å². The van der Waals surface area contributed by atoms with Crippen LogP contribution in [0.2, 0.25) is 0 Å². The number of carbonyl (C=O) groups is 1. The molecule has 0 saturated carbocycles. The Bertz CT molecular complexity index is 1440. The third kappa shape index (κ3) is 8.89. The summed E-state index contributed by atoms with van der Waals surface area (Å²) in [5.41, 5.74) is 4.31. The van der Waals surface area contributed by atoms with Gasteiger partial charge in [0, 0.05) is 18.7 Å². The van der Waals surface area contributed by atoms with Crippen LogP contribution in [0.4, 0.5) is 0 Å². The molecule has 0 bridgehead atoms. The van der Waals surface area contributed by atoms with Gasteiger partial charge >= 0.3 is 0 Å². The highest BCUT2D eigenvalue weighted by atomic mass is 32.2. The van der Waals surface area contributed by atoms with E-state index in [1.807, 2.05) is 79.7 Å². The van der Waals surface area contributed by atoms with Crippen LogP contribution in [0.3, 0.4) is 0 Å². The van der Waals surface area contributed by atoms with Gasteiger partial charge in [0.2, 0.25) is 0 Å². The van der Waals surface area contributed by atoms with E-state index >= 15 is 0 Å². The lowest BCUT2D eigenvalue weighted by atomic mass is 10.0. The maximum atomic E-state index is 13.4. The highest BCUT2D eigenvalue weighted by molar-refractivity contribution is 7.85. The minimum absolute atomic E-state index is 0.0472. The van der Waals surface area contributed by atoms with Crippen molar-refractivity contribution in [2.45, 2.75) is 38.3 Å². The summed E-state index contributed by atoms with van der Waals surface area (Å²) in [5.74, 6) is 0.284. The van der Waals surface area contributed by atoms with Crippen LogP contribution in [0.1, 0.15) is 39.5 Å².